The Morgan fingerprint density at radius 1 is 1.12 bits per heavy atom. The SMILES string of the molecule is CCOC(=O)C1(CSc2ccccc2)CN(S(=O)(=O)c2ccc(C)cc2)CC1(C)NOC. The Kier molecular flexibility index (Phi) is 7.67. The minimum atomic E-state index is -3.83. The van der Waals surface area contributed by atoms with Gasteiger partial charge in [-0.1, -0.05) is 35.9 Å². The van der Waals surface area contributed by atoms with Crippen LogP contribution >= 0.6 is 11.8 Å². The van der Waals surface area contributed by atoms with E-state index in [1.165, 1.54) is 23.2 Å². The highest BCUT2D eigenvalue weighted by atomic mass is 32.2. The van der Waals surface area contributed by atoms with Gasteiger partial charge >= 0.3 is 5.97 Å². The number of nitrogens with one attached hydrogen (secondary N) is 1. The number of nitrogens with zero attached hydrogens (tertiary/aromatic N) is 1. The molecule has 1 aliphatic heterocycles. The number of hydrogen-bond acceptors (Lipinski definition) is 7. The number of esters is 1. The number of rotatable bonds is 9. The van der Waals surface area contributed by atoms with Crippen molar-refractivity contribution in [2.75, 3.05) is 32.6 Å². The lowest BCUT2D eigenvalue weighted by atomic mass is 9.75. The molecule has 1 saturated heterocycles. The molecule has 0 saturated carbocycles. The fraction of sp³-hybridized carbons (Fsp3) is 0.435. The van der Waals surface area contributed by atoms with Crippen molar-refractivity contribution in [2.45, 2.75) is 36.1 Å². The Balaban J connectivity index is 2.02. The Morgan fingerprint density at radius 3 is 2.38 bits per heavy atom. The Labute approximate surface area is 194 Å². The zero-order valence-corrected chi connectivity index (χ0v) is 20.5. The number of thioether (sulfide) groups is 1. The van der Waals surface area contributed by atoms with Crippen LogP contribution < -0.4 is 5.48 Å². The molecule has 174 valence electrons. The summed E-state index contributed by atoms with van der Waals surface area (Å²) in [6.07, 6.45) is 0. The predicted octanol–water partition coefficient (Wildman–Crippen LogP) is 3.25. The van der Waals surface area contributed by atoms with Crippen LogP contribution in [0.2, 0.25) is 0 Å². The van der Waals surface area contributed by atoms with Crippen molar-refractivity contribution >= 4 is 27.8 Å². The second-order valence-corrected chi connectivity index (χ2v) is 11.1. The minimum absolute atomic E-state index is 0.0191. The van der Waals surface area contributed by atoms with E-state index in [-0.39, 0.29) is 24.6 Å². The molecule has 32 heavy (non-hydrogen) atoms. The van der Waals surface area contributed by atoms with Crippen LogP contribution in [0.5, 0.6) is 0 Å². The van der Waals surface area contributed by atoms with Crippen LogP contribution in [0.25, 0.3) is 0 Å². The molecule has 7 nitrogen and oxygen atoms in total. The first-order valence-electron chi connectivity index (χ1n) is 10.4. The van der Waals surface area contributed by atoms with Crippen LogP contribution in [0.3, 0.4) is 0 Å². The minimum Gasteiger partial charge on any atom is -0.465 e. The number of carbonyl (C=O) groups excluding carboxylic acids is 1. The summed E-state index contributed by atoms with van der Waals surface area (Å²) >= 11 is 1.49. The van der Waals surface area contributed by atoms with Gasteiger partial charge in [0.2, 0.25) is 10.0 Å². The molecule has 0 spiro atoms. The Morgan fingerprint density at radius 2 is 1.78 bits per heavy atom. The van der Waals surface area contributed by atoms with Gasteiger partial charge in [0.05, 0.1) is 24.2 Å². The molecule has 0 radical (unpaired) electrons. The molecule has 0 amide bonds. The van der Waals surface area contributed by atoms with Gasteiger partial charge in [0, 0.05) is 23.7 Å². The zero-order chi connectivity index (χ0) is 23.4. The van der Waals surface area contributed by atoms with Gasteiger partial charge in [-0.25, -0.2) is 8.42 Å². The predicted molar refractivity (Wildman–Crippen MR) is 125 cm³/mol. The summed E-state index contributed by atoms with van der Waals surface area (Å²) in [5, 5.41) is 0. The van der Waals surface area contributed by atoms with Crippen molar-refractivity contribution in [1.29, 1.82) is 0 Å². The second kappa shape index (κ2) is 9.93. The summed E-state index contributed by atoms with van der Waals surface area (Å²) in [6.45, 7) is 5.69. The van der Waals surface area contributed by atoms with Gasteiger partial charge in [-0.3, -0.25) is 4.79 Å². The Bertz CT molecular complexity index is 1030. The maximum Gasteiger partial charge on any atom is 0.316 e. The highest BCUT2D eigenvalue weighted by Crippen LogP contribution is 2.46. The topological polar surface area (TPSA) is 84.9 Å². The van der Waals surface area contributed by atoms with E-state index in [9.17, 15) is 13.2 Å². The summed E-state index contributed by atoms with van der Waals surface area (Å²) < 4.78 is 33.8. The lowest BCUT2D eigenvalue weighted by Gasteiger charge is -2.39. The summed E-state index contributed by atoms with van der Waals surface area (Å²) in [5.41, 5.74) is 1.72. The van der Waals surface area contributed by atoms with Gasteiger partial charge in [0.25, 0.3) is 0 Å². The number of hydrogen-bond donors (Lipinski definition) is 1. The molecule has 1 fully saturated rings. The van der Waals surface area contributed by atoms with E-state index < -0.39 is 26.9 Å². The van der Waals surface area contributed by atoms with E-state index in [0.29, 0.717) is 5.75 Å². The highest BCUT2D eigenvalue weighted by Gasteiger charge is 2.63. The van der Waals surface area contributed by atoms with Crippen LogP contribution in [0, 0.1) is 12.3 Å². The largest absolute Gasteiger partial charge is 0.465 e. The van der Waals surface area contributed by atoms with Crippen LogP contribution in [-0.4, -0.2) is 56.8 Å². The third-order valence-corrected chi connectivity index (χ3v) is 8.92. The first-order valence-corrected chi connectivity index (χ1v) is 12.8. The van der Waals surface area contributed by atoms with Crippen molar-refractivity contribution in [2.24, 2.45) is 5.41 Å². The highest BCUT2D eigenvalue weighted by molar-refractivity contribution is 7.99. The average molecular weight is 479 g/mol. The number of sulfonamides is 1. The number of benzene rings is 2. The third kappa shape index (κ3) is 4.72. The second-order valence-electron chi connectivity index (χ2n) is 8.13. The lowest BCUT2D eigenvalue weighted by Crippen LogP contribution is -2.60. The van der Waals surface area contributed by atoms with Gasteiger partial charge in [0.1, 0.15) is 5.41 Å². The molecule has 0 aromatic heterocycles. The number of aryl methyl sites for hydroxylation is 1. The molecule has 9 heteroatoms. The van der Waals surface area contributed by atoms with Crippen molar-refractivity contribution in [3.05, 3.63) is 60.2 Å². The Hall–Kier alpha value is -1.91. The molecule has 1 aliphatic rings. The van der Waals surface area contributed by atoms with Crippen LogP contribution in [0.15, 0.2) is 64.4 Å². The van der Waals surface area contributed by atoms with Crippen molar-refractivity contribution in [1.82, 2.24) is 9.79 Å². The molecule has 1 heterocycles. The molecule has 1 N–H and O–H groups in total. The van der Waals surface area contributed by atoms with Crippen LogP contribution in [0.1, 0.15) is 19.4 Å². The number of hydroxylamine groups is 1. The molecular formula is C23H30N2O5S2. The van der Waals surface area contributed by atoms with E-state index in [2.05, 4.69) is 5.48 Å². The van der Waals surface area contributed by atoms with E-state index in [4.69, 9.17) is 9.57 Å². The molecule has 3 rings (SSSR count). The van der Waals surface area contributed by atoms with E-state index >= 15 is 0 Å². The monoisotopic (exact) mass is 478 g/mol. The maximum absolute atomic E-state index is 13.5. The zero-order valence-electron chi connectivity index (χ0n) is 18.8. The van der Waals surface area contributed by atoms with Crippen LogP contribution in [0.4, 0.5) is 0 Å². The molecule has 2 unspecified atom stereocenters. The smallest absolute Gasteiger partial charge is 0.316 e. The van der Waals surface area contributed by atoms with Gasteiger partial charge in [-0.05, 0) is 45.0 Å². The summed E-state index contributed by atoms with van der Waals surface area (Å²) in [7, 11) is -2.37. The summed E-state index contributed by atoms with van der Waals surface area (Å²) in [6, 6.07) is 16.4. The fourth-order valence-electron chi connectivity index (χ4n) is 3.97. The quantitative estimate of drug-likeness (QED) is 0.336. The molecule has 2 atom stereocenters. The lowest BCUT2D eigenvalue weighted by molar-refractivity contribution is -0.160. The molecular weight excluding hydrogens is 448 g/mol. The van der Waals surface area contributed by atoms with Crippen molar-refractivity contribution < 1.29 is 22.8 Å². The number of ether oxygens (including phenoxy) is 1. The van der Waals surface area contributed by atoms with Gasteiger partial charge in [-0.2, -0.15) is 9.79 Å². The van der Waals surface area contributed by atoms with Crippen LogP contribution in [-0.2, 0) is 24.4 Å². The first kappa shape index (κ1) is 24.7. The molecule has 2 aromatic rings. The first-order chi connectivity index (χ1) is 15.2. The van der Waals surface area contributed by atoms with Gasteiger partial charge in [-0.15, -0.1) is 11.8 Å². The average Bonchev–Trinajstić information content (AvgIpc) is 3.08. The van der Waals surface area contributed by atoms with Crippen molar-refractivity contribution in [3.8, 4) is 0 Å². The van der Waals surface area contributed by atoms with E-state index in [1.807, 2.05) is 44.2 Å². The molecule has 0 aliphatic carbocycles. The normalized spacial score (nSPS) is 23.9. The van der Waals surface area contributed by atoms with Gasteiger partial charge < -0.3 is 9.57 Å². The van der Waals surface area contributed by atoms with E-state index in [1.54, 1.807) is 31.2 Å². The molecule has 2 aromatic carbocycles. The third-order valence-electron chi connectivity index (χ3n) is 5.88. The summed E-state index contributed by atoms with van der Waals surface area (Å²) in [5.74, 6) is -0.125. The standard InChI is InChI=1S/C23H30N2O5S2/c1-5-30-21(26)23(17-31-19-9-7-6-8-10-19)16-25(15-22(23,3)24-29-4)32(27,28)20-13-11-18(2)12-14-20/h6-14,24H,5,15-17H2,1-4H3. The number of carbonyl (C=O) groups is 1. The van der Waals surface area contributed by atoms with Gasteiger partial charge in [0.15, 0.2) is 0 Å². The van der Waals surface area contributed by atoms with E-state index in [0.717, 1.165) is 10.5 Å². The molecule has 0 bridgehead atoms. The van der Waals surface area contributed by atoms with Crippen molar-refractivity contribution in [3.63, 3.8) is 0 Å². The maximum atomic E-state index is 13.5. The summed E-state index contributed by atoms with van der Waals surface area (Å²) in [4.78, 5) is 19.8. The fourth-order valence-corrected chi connectivity index (χ4v) is 6.85.